The van der Waals surface area contributed by atoms with Crippen molar-refractivity contribution in [3.05, 3.63) is 64.2 Å². The van der Waals surface area contributed by atoms with Gasteiger partial charge in [0, 0.05) is 5.56 Å². The number of rotatable bonds is 9. The van der Waals surface area contributed by atoms with Crippen molar-refractivity contribution in [2.75, 3.05) is 0 Å². The topological polar surface area (TPSA) is 76.0 Å². The number of carbonyl (C=O) groups is 1. The zero-order valence-electron chi connectivity index (χ0n) is 21.3. The molecular weight excluding hydrogens is 428 g/mol. The lowest BCUT2D eigenvalue weighted by Crippen LogP contribution is -2.37. The Hall–Kier alpha value is -2.95. The van der Waals surface area contributed by atoms with Crippen molar-refractivity contribution >= 4 is 5.97 Å². The third kappa shape index (κ3) is 5.75. The molecule has 2 N–H and O–H groups in total. The number of unbranched alkanes of at least 4 members (excludes halogenated alkanes) is 2. The van der Waals surface area contributed by atoms with Gasteiger partial charge in [0.2, 0.25) is 0 Å². The van der Waals surface area contributed by atoms with Crippen LogP contribution in [0.25, 0.3) is 0 Å². The normalized spacial score (nSPS) is 17.9. The Balaban J connectivity index is 1.48. The van der Waals surface area contributed by atoms with Gasteiger partial charge < -0.3 is 19.7 Å². The summed E-state index contributed by atoms with van der Waals surface area (Å²) in [5.74, 6) is 0.911. The first-order chi connectivity index (χ1) is 15.9. The lowest BCUT2D eigenvalue weighted by atomic mass is 9.87. The summed E-state index contributed by atoms with van der Waals surface area (Å²) >= 11 is 0. The first-order valence-electron chi connectivity index (χ1n) is 12.1. The second-order valence-corrected chi connectivity index (χ2v) is 10.2. The standard InChI is InChI=1S/C29H38O5/c1-19-20(2)26-24(21(3)25(19)30)16-18-29(6,34-26)17-10-8-7-9-11-22-12-14-23(15-13-22)33-28(4,5)27(31)32/h10,12-15,17,30H,7-9,11,16,18H2,1-6H3,(H,31,32)/t29-/m0/s1. The Labute approximate surface area is 203 Å². The van der Waals surface area contributed by atoms with E-state index in [1.165, 1.54) is 5.56 Å². The Morgan fingerprint density at radius 1 is 1.12 bits per heavy atom. The van der Waals surface area contributed by atoms with E-state index in [4.69, 9.17) is 9.47 Å². The quantitative estimate of drug-likeness (QED) is 0.321. The molecule has 5 nitrogen and oxygen atoms in total. The molecule has 0 aliphatic carbocycles. The minimum absolute atomic E-state index is 0.326. The largest absolute Gasteiger partial charge is 0.507 e. The van der Waals surface area contributed by atoms with Crippen LogP contribution in [0.3, 0.4) is 0 Å². The zero-order valence-corrected chi connectivity index (χ0v) is 21.3. The van der Waals surface area contributed by atoms with Gasteiger partial charge in [-0.3, -0.25) is 0 Å². The van der Waals surface area contributed by atoms with E-state index in [2.05, 4.69) is 19.1 Å². The van der Waals surface area contributed by atoms with Crippen LogP contribution in [-0.4, -0.2) is 27.4 Å². The van der Waals surface area contributed by atoms with Gasteiger partial charge in [-0.15, -0.1) is 0 Å². The Kier molecular flexibility index (Phi) is 7.64. The van der Waals surface area contributed by atoms with Gasteiger partial charge in [0.15, 0.2) is 5.60 Å². The van der Waals surface area contributed by atoms with Gasteiger partial charge >= 0.3 is 5.97 Å². The van der Waals surface area contributed by atoms with Crippen molar-refractivity contribution in [3.8, 4) is 17.2 Å². The highest BCUT2D eigenvalue weighted by Gasteiger charge is 2.32. The summed E-state index contributed by atoms with van der Waals surface area (Å²) in [7, 11) is 0. The molecule has 1 aliphatic heterocycles. The zero-order chi connectivity index (χ0) is 25.1. The van der Waals surface area contributed by atoms with E-state index in [1.54, 1.807) is 13.8 Å². The predicted octanol–water partition coefficient (Wildman–Crippen LogP) is 6.61. The van der Waals surface area contributed by atoms with Gasteiger partial charge in [-0.05, 0) is 121 Å². The number of allylic oxidation sites excluding steroid dienone is 1. The van der Waals surface area contributed by atoms with Gasteiger partial charge in [0.05, 0.1) is 0 Å². The second-order valence-electron chi connectivity index (χ2n) is 10.2. The van der Waals surface area contributed by atoms with Crippen LogP contribution in [0.5, 0.6) is 17.2 Å². The van der Waals surface area contributed by atoms with E-state index in [-0.39, 0.29) is 5.60 Å². The van der Waals surface area contributed by atoms with E-state index >= 15 is 0 Å². The van der Waals surface area contributed by atoms with Gasteiger partial charge in [0.1, 0.15) is 22.8 Å². The minimum Gasteiger partial charge on any atom is -0.507 e. The molecule has 1 heterocycles. The molecule has 184 valence electrons. The van der Waals surface area contributed by atoms with Crippen LogP contribution in [0.2, 0.25) is 0 Å². The molecule has 0 radical (unpaired) electrons. The maximum atomic E-state index is 11.2. The Bertz CT molecular complexity index is 1070. The summed E-state index contributed by atoms with van der Waals surface area (Å²) in [6, 6.07) is 7.68. The molecule has 2 aromatic rings. The molecule has 0 saturated heterocycles. The van der Waals surface area contributed by atoms with Crippen molar-refractivity contribution in [1.82, 2.24) is 0 Å². The monoisotopic (exact) mass is 466 g/mol. The van der Waals surface area contributed by atoms with Crippen molar-refractivity contribution in [3.63, 3.8) is 0 Å². The predicted molar refractivity (Wildman–Crippen MR) is 135 cm³/mol. The molecule has 0 saturated carbocycles. The highest BCUT2D eigenvalue weighted by Crippen LogP contribution is 2.43. The fraction of sp³-hybridized carbons (Fsp3) is 0.483. The average Bonchev–Trinajstić information content (AvgIpc) is 2.79. The van der Waals surface area contributed by atoms with E-state index in [1.807, 2.05) is 45.0 Å². The fourth-order valence-corrected chi connectivity index (χ4v) is 4.37. The SMILES string of the molecule is Cc1c(C)c2c(c(C)c1O)CC[C@](C)(C=CCCCCc1ccc(OC(C)(C)C(=O)O)cc1)O2. The average molecular weight is 467 g/mol. The lowest BCUT2D eigenvalue weighted by Gasteiger charge is -2.36. The fourth-order valence-electron chi connectivity index (χ4n) is 4.37. The molecule has 34 heavy (non-hydrogen) atoms. The van der Waals surface area contributed by atoms with Gasteiger partial charge in [-0.25, -0.2) is 4.79 Å². The molecule has 0 unspecified atom stereocenters. The number of hydrogen-bond acceptors (Lipinski definition) is 4. The number of ether oxygens (including phenoxy) is 2. The van der Waals surface area contributed by atoms with Gasteiger partial charge in [-0.1, -0.05) is 18.2 Å². The smallest absolute Gasteiger partial charge is 0.347 e. The maximum Gasteiger partial charge on any atom is 0.347 e. The minimum atomic E-state index is -1.24. The third-order valence-corrected chi connectivity index (χ3v) is 6.91. The highest BCUT2D eigenvalue weighted by atomic mass is 16.5. The van der Waals surface area contributed by atoms with Crippen molar-refractivity contribution in [2.45, 2.75) is 91.3 Å². The number of phenolic OH excluding ortho intramolecular Hbond substituents is 1. The summed E-state index contributed by atoms with van der Waals surface area (Å²) in [5.41, 5.74) is 3.65. The lowest BCUT2D eigenvalue weighted by molar-refractivity contribution is -0.152. The summed E-state index contributed by atoms with van der Waals surface area (Å²) in [6.07, 6.45) is 10.3. The second kappa shape index (κ2) is 10.1. The van der Waals surface area contributed by atoms with Crippen LogP contribution in [0.1, 0.15) is 74.3 Å². The molecule has 3 rings (SSSR count). The number of hydrogen-bond donors (Lipinski definition) is 2. The van der Waals surface area contributed by atoms with E-state index in [9.17, 15) is 15.0 Å². The summed E-state index contributed by atoms with van der Waals surface area (Å²) in [6.45, 7) is 11.2. The molecule has 1 aliphatic rings. The van der Waals surface area contributed by atoms with E-state index in [0.717, 1.165) is 66.5 Å². The van der Waals surface area contributed by atoms with Crippen molar-refractivity contribution < 1.29 is 24.5 Å². The number of phenols is 1. The molecule has 0 fully saturated rings. The number of carboxylic acid groups (broad SMARTS) is 1. The van der Waals surface area contributed by atoms with Crippen LogP contribution in [0.4, 0.5) is 0 Å². The van der Waals surface area contributed by atoms with Crippen molar-refractivity contribution in [1.29, 1.82) is 0 Å². The van der Waals surface area contributed by atoms with E-state index < -0.39 is 11.6 Å². The summed E-state index contributed by atoms with van der Waals surface area (Å²) in [5, 5.41) is 19.5. The highest BCUT2D eigenvalue weighted by molar-refractivity contribution is 5.76. The van der Waals surface area contributed by atoms with Crippen LogP contribution in [0, 0.1) is 20.8 Å². The molecule has 0 spiro atoms. The Morgan fingerprint density at radius 2 is 1.79 bits per heavy atom. The number of fused-ring (bicyclic) bond motifs is 1. The van der Waals surface area contributed by atoms with Gasteiger partial charge in [-0.2, -0.15) is 0 Å². The van der Waals surface area contributed by atoms with Crippen LogP contribution in [-0.2, 0) is 17.6 Å². The summed E-state index contributed by atoms with van der Waals surface area (Å²) in [4.78, 5) is 11.2. The maximum absolute atomic E-state index is 11.2. The number of aryl methyl sites for hydroxylation is 1. The molecular formula is C29H38O5. The first kappa shape index (κ1) is 25.7. The van der Waals surface area contributed by atoms with E-state index in [0.29, 0.717) is 11.5 Å². The molecule has 0 bridgehead atoms. The number of carboxylic acids is 1. The summed E-state index contributed by atoms with van der Waals surface area (Å²) < 4.78 is 12.0. The third-order valence-electron chi connectivity index (χ3n) is 6.91. The molecule has 5 heteroatoms. The number of benzene rings is 2. The molecule has 0 aromatic heterocycles. The molecule has 2 aromatic carbocycles. The first-order valence-corrected chi connectivity index (χ1v) is 12.1. The van der Waals surface area contributed by atoms with Crippen molar-refractivity contribution in [2.24, 2.45) is 0 Å². The van der Waals surface area contributed by atoms with Crippen LogP contribution >= 0.6 is 0 Å². The molecule has 1 atom stereocenters. The Morgan fingerprint density at radius 3 is 2.44 bits per heavy atom. The molecule has 0 amide bonds. The number of aliphatic carboxylic acids is 1. The van der Waals surface area contributed by atoms with Crippen LogP contribution in [0.15, 0.2) is 36.4 Å². The van der Waals surface area contributed by atoms with Crippen LogP contribution < -0.4 is 9.47 Å². The number of aromatic hydroxyl groups is 1. The van der Waals surface area contributed by atoms with Gasteiger partial charge in [0.25, 0.3) is 0 Å².